The molecule has 1 saturated carbocycles. The summed E-state index contributed by atoms with van der Waals surface area (Å²) >= 11 is 0. The van der Waals surface area contributed by atoms with Gasteiger partial charge in [0.1, 0.15) is 0 Å². The number of amides is 2. The summed E-state index contributed by atoms with van der Waals surface area (Å²) < 4.78 is 0. The van der Waals surface area contributed by atoms with Crippen LogP contribution in [0, 0.1) is 18.8 Å². The molecule has 5 nitrogen and oxygen atoms in total. The van der Waals surface area contributed by atoms with Crippen molar-refractivity contribution in [1.29, 1.82) is 0 Å². The zero-order valence-electron chi connectivity index (χ0n) is 11.7. The molecule has 1 fully saturated rings. The van der Waals surface area contributed by atoms with Crippen LogP contribution in [0.15, 0.2) is 18.2 Å². The van der Waals surface area contributed by atoms with Gasteiger partial charge in [-0.2, -0.15) is 0 Å². The molecule has 0 spiro atoms. The van der Waals surface area contributed by atoms with E-state index in [4.69, 9.17) is 11.5 Å². The van der Waals surface area contributed by atoms with Crippen molar-refractivity contribution < 1.29 is 9.59 Å². The smallest absolute Gasteiger partial charge is 0.248 e. The number of hydrogen-bond donors (Lipinski definition) is 3. The van der Waals surface area contributed by atoms with Gasteiger partial charge in [0.05, 0.1) is 0 Å². The Kier molecular flexibility index (Phi) is 4.39. The molecule has 20 heavy (non-hydrogen) atoms. The van der Waals surface area contributed by atoms with Crippen LogP contribution in [-0.4, -0.2) is 18.4 Å². The van der Waals surface area contributed by atoms with E-state index in [0.717, 1.165) is 24.8 Å². The van der Waals surface area contributed by atoms with Gasteiger partial charge in [-0.25, -0.2) is 0 Å². The van der Waals surface area contributed by atoms with Crippen molar-refractivity contribution >= 4 is 17.5 Å². The molecule has 1 aliphatic rings. The Morgan fingerprint density at radius 2 is 2.10 bits per heavy atom. The molecular weight excluding hydrogens is 254 g/mol. The number of rotatable bonds is 4. The van der Waals surface area contributed by atoms with Crippen molar-refractivity contribution in [2.45, 2.75) is 26.2 Å². The molecule has 5 heteroatoms. The number of primary amides is 1. The van der Waals surface area contributed by atoms with Crippen LogP contribution < -0.4 is 16.8 Å². The lowest BCUT2D eigenvalue weighted by molar-refractivity contribution is -0.120. The molecule has 1 aliphatic carbocycles. The molecule has 1 aromatic carbocycles. The molecule has 0 saturated heterocycles. The summed E-state index contributed by atoms with van der Waals surface area (Å²) in [4.78, 5) is 23.5. The van der Waals surface area contributed by atoms with Gasteiger partial charge in [0.15, 0.2) is 0 Å². The Morgan fingerprint density at radius 1 is 1.35 bits per heavy atom. The van der Waals surface area contributed by atoms with Gasteiger partial charge in [0.25, 0.3) is 0 Å². The van der Waals surface area contributed by atoms with Crippen molar-refractivity contribution in [2.24, 2.45) is 23.3 Å². The lowest BCUT2D eigenvalue weighted by Gasteiger charge is -2.18. The lowest BCUT2D eigenvalue weighted by atomic mass is 9.95. The van der Waals surface area contributed by atoms with Gasteiger partial charge < -0.3 is 16.8 Å². The van der Waals surface area contributed by atoms with Crippen LogP contribution in [0.5, 0.6) is 0 Å². The highest BCUT2D eigenvalue weighted by atomic mass is 16.2. The first-order chi connectivity index (χ1) is 9.52. The fourth-order valence-electron chi connectivity index (χ4n) is 2.80. The van der Waals surface area contributed by atoms with Crippen molar-refractivity contribution in [3.63, 3.8) is 0 Å². The van der Waals surface area contributed by atoms with E-state index >= 15 is 0 Å². The predicted octanol–water partition coefficient (Wildman–Crippen LogP) is 1.41. The molecule has 0 aromatic heterocycles. The summed E-state index contributed by atoms with van der Waals surface area (Å²) in [6.45, 7) is 2.42. The van der Waals surface area contributed by atoms with Gasteiger partial charge >= 0.3 is 0 Å². The molecule has 0 radical (unpaired) electrons. The normalized spacial score (nSPS) is 21.7. The zero-order chi connectivity index (χ0) is 14.7. The number of aryl methyl sites for hydroxylation is 1. The number of hydrogen-bond acceptors (Lipinski definition) is 3. The minimum atomic E-state index is -0.499. The Labute approximate surface area is 118 Å². The topological polar surface area (TPSA) is 98.2 Å². The summed E-state index contributed by atoms with van der Waals surface area (Å²) in [6.07, 6.45) is 2.93. The lowest BCUT2D eigenvalue weighted by Crippen LogP contribution is -2.30. The SMILES string of the molecule is Cc1ccc(C(N)=O)cc1NC(=O)[C@@H]1CCC[C@@H]1CN. The van der Waals surface area contributed by atoms with Crippen LogP contribution in [0.2, 0.25) is 0 Å². The van der Waals surface area contributed by atoms with E-state index in [1.807, 2.05) is 6.92 Å². The maximum atomic E-state index is 12.3. The van der Waals surface area contributed by atoms with Gasteiger partial charge in [-0.15, -0.1) is 0 Å². The Bertz CT molecular complexity index is 528. The molecule has 0 aliphatic heterocycles. The highest BCUT2D eigenvalue weighted by Crippen LogP contribution is 2.32. The van der Waals surface area contributed by atoms with Gasteiger partial charge in [0.2, 0.25) is 11.8 Å². The second-order valence-electron chi connectivity index (χ2n) is 5.42. The third-order valence-electron chi connectivity index (χ3n) is 4.08. The van der Waals surface area contributed by atoms with E-state index < -0.39 is 5.91 Å². The summed E-state index contributed by atoms with van der Waals surface area (Å²) in [5, 5.41) is 2.91. The Morgan fingerprint density at radius 3 is 2.75 bits per heavy atom. The van der Waals surface area contributed by atoms with Gasteiger partial charge in [-0.1, -0.05) is 12.5 Å². The maximum absolute atomic E-state index is 12.3. The molecule has 0 unspecified atom stereocenters. The number of nitrogens with two attached hydrogens (primary N) is 2. The standard InChI is InChI=1S/C15H21N3O2/c1-9-5-6-10(14(17)19)7-13(9)18-15(20)12-4-2-3-11(12)8-16/h5-7,11-12H,2-4,8,16H2,1H3,(H2,17,19)(H,18,20)/t11-,12-/m1/s1. The average Bonchev–Trinajstić information content (AvgIpc) is 2.89. The number of benzene rings is 1. The quantitative estimate of drug-likeness (QED) is 0.774. The highest BCUT2D eigenvalue weighted by molar-refractivity contribution is 5.97. The number of carbonyl (C=O) groups excluding carboxylic acids is 2. The van der Waals surface area contributed by atoms with Crippen LogP contribution in [0.4, 0.5) is 5.69 Å². The molecule has 2 amide bonds. The largest absolute Gasteiger partial charge is 0.366 e. The first kappa shape index (κ1) is 14.5. The summed E-state index contributed by atoms with van der Waals surface area (Å²) in [5.74, 6) is -0.282. The molecule has 2 rings (SSSR count). The van der Waals surface area contributed by atoms with Gasteiger partial charge in [-0.05, 0) is 49.9 Å². The van der Waals surface area contributed by atoms with Crippen molar-refractivity contribution in [3.05, 3.63) is 29.3 Å². The molecular formula is C15H21N3O2. The van der Waals surface area contributed by atoms with Gasteiger partial charge in [-0.3, -0.25) is 9.59 Å². The highest BCUT2D eigenvalue weighted by Gasteiger charge is 2.32. The first-order valence-corrected chi connectivity index (χ1v) is 6.94. The predicted molar refractivity (Wildman–Crippen MR) is 78.2 cm³/mol. The third kappa shape index (κ3) is 2.99. The maximum Gasteiger partial charge on any atom is 0.248 e. The monoisotopic (exact) mass is 275 g/mol. The zero-order valence-corrected chi connectivity index (χ0v) is 11.7. The van der Waals surface area contributed by atoms with Crippen LogP contribution >= 0.6 is 0 Å². The molecule has 0 bridgehead atoms. The molecule has 0 heterocycles. The van der Waals surface area contributed by atoms with Crippen molar-refractivity contribution in [1.82, 2.24) is 0 Å². The van der Waals surface area contributed by atoms with E-state index in [1.165, 1.54) is 0 Å². The summed E-state index contributed by atoms with van der Waals surface area (Å²) in [7, 11) is 0. The second-order valence-corrected chi connectivity index (χ2v) is 5.42. The van der Waals surface area contributed by atoms with Gasteiger partial charge in [0, 0.05) is 17.2 Å². The van der Waals surface area contributed by atoms with E-state index in [-0.39, 0.29) is 17.7 Å². The molecule has 108 valence electrons. The molecule has 1 aromatic rings. The Hall–Kier alpha value is -1.88. The van der Waals surface area contributed by atoms with Crippen molar-refractivity contribution in [3.8, 4) is 0 Å². The molecule has 5 N–H and O–H groups in total. The number of carbonyl (C=O) groups is 2. The van der Waals surface area contributed by atoms with Crippen LogP contribution in [-0.2, 0) is 4.79 Å². The van der Waals surface area contributed by atoms with E-state index in [1.54, 1.807) is 18.2 Å². The van der Waals surface area contributed by atoms with Crippen LogP contribution in [0.25, 0.3) is 0 Å². The van der Waals surface area contributed by atoms with Crippen molar-refractivity contribution in [2.75, 3.05) is 11.9 Å². The van der Waals surface area contributed by atoms with E-state index in [9.17, 15) is 9.59 Å². The second kappa shape index (κ2) is 6.05. The molecule has 2 atom stereocenters. The minimum absolute atomic E-state index is 0.0114. The fourth-order valence-corrected chi connectivity index (χ4v) is 2.80. The first-order valence-electron chi connectivity index (χ1n) is 6.94. The van der Waals surface area contributed by atoms with Crippen LogP contribution in [0.1, 0.15) is 35.2 Å². The summed E-state index contributed by atoms with van der Waals surface area (Å²) in [6, 6.07) is 5.07. The van der Waals surface area contributed by atoms with Crippen LogP contribution in [0.3, 0.4) is 0 Å². The Balaban J connectivity index is 2.15. The third-order valence-corrected chi connectivity index (χ3v) is 4.08. The summed E-state index contributed by atoms with van der Waals surface area (Å²) in [5.41, 5.74) is 12.9. The van der Waals surface area contributed by atoms with E-state index in [0.29, 0.717) is 17.8 Å². The number of anilines is 1. The average molecular weight is 275 g/mol. The number of nitrogens with one attached hydrogen (secondary N) is 1. The van der Waals surface area contributed by atoms with E-state index in [2.05, 4.69) is 5.32 Å². The minimum Gasteiger partial charge on any atom is -0.366 e. The fraction of sp³-hybridized carbons (Fsp3) is 0.467.